The summed E-state index contributed by atoms with van der Waals surface area (Å²) >= 11 is 0. The predicted octanol–water partition coefficient (Wildman–Crippen LogP) is 3.12. The van der Waals surface area contributed by atoms with Crippen LogP contribution in [0.2, 0.25) is 0 Å². The van der Waals surface area contributed by atoms with Crippen molar-refractivity contribution in [1.82, 2.24) is 9.78 Å². The lowest BCUT2D eigenvalue weighted by molar-refractivity contribution is -0.124. The van der Waals surface area contributed by atoms with Gasteiger partial charge in [0.2, 0.25) is 0 Å². The quantitative estimate of drug-likeness (QED) is 0.716. The van der Waals surface area contributed by atoms with Crippen LogP contribution in [0, 0.1) is 5.82 Å². The van der Waals surface area contributed by atoms with Crippen LogP contribution >= 0.6 is 0 Å². The molecular weight excluding hydrogens is 387 g/mol. The third-order valence-electron chi connectivity index (χ3n) is 5.55. The van der Waals surface area contributed by atoms with Gasteiger partial charge < -0.3 is 19.7 Å². The van der Waals surface area contributed by atoms with Gasteiger partial charge in [-0.3, -0.25) is 4.79 Å². The molecule has 5 rings (SSSR count). The number of nitrogens with one attached hydrogen (secondary N) is 1. The molecule has 3 aromatic rings. The number of hydrogen-bond acceptors (Lipinski definition) is 5. The third kappa shape index (κ3) is 3.53. The van der Waals surface area contributed by atoms with Crippen molar-refractivity contribution in [3.8, 4) is 5.69 Å². The zero-order valence-corrected chi connectivity index (χ0v) is 16.5. The standard InChI is InChI=1S/C22H23FN4O3/c23-15-4-1-5-16(14-15)27-18-7-2-6-17(26-9-12-29-13-10-26)20(18)21(25-27)24-22(28)19-8-3-11-30-19/h1-2,4-7,14,19H,3,8-13H2,(H,24,25,28)/t19-/m0/s1. The van der Waals surface area contributed by atoms with Crippen LogP contribution in [0.4, 0.5) is 15.9 Å². The van der Waals surface area contributed by atoms with Gasteiger partial charge in [-0.2, -0.15) is 0 Å². The van der Waals surface area contributed by atoms with Crippen molar-refractivity contribution in [2.75, 3.05) is 43.1 Å². The maximum atomic E-state index is 13.9. The molecule has 2 aliphatic heterocycles. The van der Waals surface area contributed by atoms with Gasteiger partial charge in [0, 0.05) is 19.7 Å². The fourth-order valence-electron chi connectivity index (χ4n) is 4.09. The van der Waals surface area contributed by atoms with E-state index < -0.39 is 6.10 Å². The van der Waals surface area contributed by atoms with E-state index in [0.29, 0.717) is 37.7 Å². The molecule has 2 fully saturated rings. The van der Waals surface area contributed by atoms with E-state index in [0.717, 1.165) is 36.1 Å². The third-order valence-corrected chi connectivity index (χ3v) is 5.55. The van der Waals surface area contributed by atoms with Crippen molar-refractivity contribution in [1.29, 1.82) is 0 Å². The summed E-state index contributed by atoms with van der Waals surface area (Å²) in [5, 5.41) is 8.46. The molecule has 1 aromatic heterocycles. The summed E-state index contributed by atoms with van der Waals surface area (Å²) in [6.07, 6.45) is 1.11. The van der Waals surface area contributed by atoms with E-state index >= 15 is 0 Å². The molecule has 0 aliphatic carbocycles. The largest absolute Gasteiger partial charge is 0.378 e. The van der Waals surface area contributed by atoms with Crippen LogP contribution in [0.5, 0.6) is 0 Å². The fraction of sp³-hybridized carbons (Fsp3) is 0.364. The molecule has 2 saturated heterocycles. The van der Waals surface area contributed by atoms with Gasteiger partial charge in [-0.15, -0.1) is 5.10 Å². The summed E-state index contributed by atoms with van der Waals surface area (Å²) in [5.41, 5.74) is 2.37. The van der Waals surface area contributed by atoms with Crippen LogP contribution in [-0.2, 0) is 14.3 Å². The van der Waals surface area contributed by atoms with Gasteiger partial charge in [-0.05, 0) is 43.2 Å². The molecule has 0 bridgehead atoms. The lowest BCUT2D eigenvalue weighted by Gasteiger charge is -2.29. The molecule has 1 atom stereocenters. The Morgan fingerprint density at radius 1 is 1.13 bits per heavy atom. The van der Waals surface area contributed by atoms with Crippen molar-refractivity contribution >= 4 is 28.3 Å². The minimum atomic E-state index is -0.463. The Bertz CT molecular complexity index is 1070. The Morgan fingerprint density at radius 3 is 2.73 bits per heavy atom. The van der Waals surface area contributed by atoms with Gasteiger partial charge in [-0.1, -0.05) is 12.1 Å². The molecule has 7 nitrogen and oxygen atoms in total. The number of rotatable bonds is 4. The van der Waals surface area contributed by atoms with Crippen LogP contribution in [0.1, 0.15) is 12.8 Å². The number of carbonyl (C=O) groups excluding carboxylic acids is 1. The lowest BCUT2D eigenvalue weighted by Crippen LogP contribution is -2.36. The zero-order valence-electron chi connectivity index (χ0n) is 16.5. The van der Waals surface area contributed by atoms with Crippen LogP contribution < -0.4 is 10.2 Å². The highest BCUT2D eigenvalue weighted by atomic mass is 19.1. The van der Waals surface area contributed by atoms with Crippen LogP contribution in [0.25, 0.3) is 16.6 Å². The van der Waals surface area contributed by atoms with Crippen LogP contribution in [0.3, 0.4) is 0 Å². The van der Waals surface area contributed by atoms with Gasteiger partial charge in [0.05, 0.1) is 35.5 Å². The number of carbonyl (C=O) groups is 1. The molecule has 0 saturated carbocycles. The Hall–Kier alpha value is -2.97. The number of benzene rings is 2. The number of aromatic nitrogens is 2. The monoisotopic (exact) mass is 410 g/mol. The number of hydrogen-bond donors (Lipinski definition) is 1. The number of fused-ring (bicyclic) bond motifs is 1. The normalized spacial score (nSPS) is 19.4. The molecule has 1 N–H and O–H groups in total. The summed E-state index contributed by atoms with van der Waals surface area (Å²) in [6.45, 7) is 3.39. The number of halogens is 1. The van der Waals surface area contributed by atoms with Crippen molar-refractivity contribution in [2.45, 2.75) is 18.9 Å². The van der Waals surface area contributed by atoms with Crippen molar-refractivity contribution in [2.24, 2.45) is 0 Å². The maximum absolute atomic E-state index is 13.9. The van der Waals surface area contributed by atoms with Gasteiger partial charge in [-0.25, -0.2) is 9.07 Å². The number of anilines is 2. The first kappa shape index (κ1) is 19.0. The van der Waals surface area contributed by atoms with E-state index in [1.807, 2.05) is 18.2 Å². The smallest absolute Gasteiger partial charge is 0.254 e. The summed E-state index contributed by atoms with van der Waals surface area (Å²) < 4.78 is 26.6. The molecule has 3 heterocycles. The second-order valence-corrected chi connectivity index (χ2v) is 7.50. The second kappa shape index (κ2) is 8.04. The molecule has 2 aliphatic rings. The Labute approximate surface area is 173 Å². The fourth-order valence-corrected chi connectivity index (χ4v) is 4.09. The number of morpholine rings is 1. The van der Waals surface area contributed by atoms with Gasteiger partial charge in [0.15, 0.2) is 5.82 Å². The van der Waals surface area contributed by atoms with Crippen LogP contribution in [0.15, 0.2) is 42.5 Å². The molecule has 1 amide bonds. The van der Waals surface area contributed by atoms with E-state index in [2.05, 4.69) is 15.3 Å². The maximum Gasteiger partial charge on any atom is 0.254 e. The molecule has 156 valence electrons. The van der Waals surface area contributed by atoms with Crippen molar-refractivity contribution in [3.05, 3.63) is 48.3 Å². The molecule has 0 spiro atoms. The first-order valence-corrected chi connectivity index (χ1v) is 10.2. The zero-order chi connectivity index (χ0) is 20.5. The van der Waals surface area contributed by atoms with E-state index in [-0.39, 0.29) is 11.7 Å². The minimum absolute atomic E-state index is 0.199. The van der Waals surface area contributed by atoms with Crippen molar-refractivity contribution in [3.63, 3.8) is 0 Å². The lowest BCUT2D eigenvalue weighted by atomic mass is 10.1. The topological polar surface area (TPSA) is 68.6 Å². The number of amides is 1. The molecular formula is C22H23FN4O3. The second-order valence-electron chi connectivity index (χ2n) is 7.50. The molecule has 30 heavy (non-hydrogen) atoms. The van der Waals surface area contributed by atoms with Gasteiger partial charge in [0.1, 0.15) is 11.9 Å². The summed E-state index contributed by atoms with van der Waals surface area (Å²) in [4.78, 5) is 15.0. The average Bonchev–Trinajstić information content (AvgIpc) is 3.43. The molecule has 2 aromatic carbocycles. The molecule has 0 unspecified atom stereocenters. The number of nitrogens with zero attached hydrogens (tertiary/aromatic N) is 3. The highest BCUT2D eigenvalue weighted by Gasteiger charge is 2.27. The Kier molecular flexibility index (Phi) is 5.10. The summed E-state index contributed by atoms with van der Waals surface area (Å²) in [7, 11) is 0. The highest BCUT2D eigenvalue weighted by Crippen LogP contribution is 2.35. The van der Waals surface area contributed by atoms with E-state index in [1.54, 1.807) is 16.8 Å². The van der Waals surface area contributed by atoms with E-state index in [9.17, 15) is 9.18 Å². The SMILES string of the molecule is O=C(Nc1nn(-c2cccc(F)c2)c2cccc(N3CCOCC3)c12)[C@@H]1CCCO1. The molecule has 0 radical (unpaired) electrons. The first-order chi connectivity index (χ1) is 14.7. The van der Waals surface area contributed by atoms with Gasteiger partial charge in [0.25, 0.3) is 5.91 Å². The Morgan fingerprint density at radius 2 is 1.97 bits per heavy atom. The summed E-state index contributed by atoms with van der Waals surface area (Å²) in [5.74, 6) is -0.0858. The van der Waals surface area contributed by atoms with Crippen LogP contribution in [-0.4, -0.2) is 54.7 Å². The predicted molar refractivity (Wildman–Crippen MR) is 112 cm³/mol. The van der Waals surface area contributed by atoms with Crippen molar-refractivity contribution < 1.29 is 18.7 Å². The highest BCUT2D eigenvalue weighted by molar-refractivity contribution is 6.07. The average molecular weight is 410 g/mol. The van der Waals surface area contributed by atoms with Gasteiger partial charge >= 0.3 is 0 Å². The number of ether oxygens (including phenoxy) is 2. The van der Waals surface area contributed by atoms with E-state index in [1.165, 1.54) is 12.1 Å². The Balaban J connectivity index is 1.63. The summed E-state index contributed by atoms with van der Waals surface area (Å²) in [6, 6.07) is 12.2. The first-order valence-electron chi connectivity index (χ1n) is 10.2. The van der Waals surface area contributed by atoms with E-state index in [4.69, 9.17) is 9.47 Å². The minimum Gasteiger partial charge on any atom is -0.378 e. The molecule has 8 heteroatoms.